The summed E-state index contributed by atoms with van der Waals surface area (Å²) in [5.74, 6) is -0.286. The van der Waals surface area contributed by atoms with Crippen molar-refractivity contribution in [2.45, 2.75) is 4.90 Å². The molecule has 144 valence electrons. The second kappa shape index (κ2) is 6.21. The van der Waals surface area contributed by atoms with Crippen molar-refractivity contribution in [3.8, 4) is 0 Å². The Kier molecular flexibility index (Phi) is 4.05. The fourth-order valence-corrected chi connectivity index (χ4v) is 5.02. The molecule has 0 saturated heterocycles. The van der Waals surface area contributed by atoms with Crippen LogP contribution in [0.5, 0.6) is 0 Å². The fraction of sp³-hybridized carbons (Fsp3) is 0.0556. The van der Waals surface area contributed by atoms with Crippen LogP contribution in [0.4, 0.5) is 17.1 Å². The lowest BCUT2D eigenvalue weighted by Crippen LogP contribution is -2.16. The number of nitrogens with one attached hydrogen (secondary N) is 3. The van der Waals surface area contributed by atoms with Gasteiger partial charge in [0.15, 0.2) is 0 Å². The second-order valence-corrected chi connectivity index (χ2v) is 9.72. The predicted molar refractivity (Wildman–Crippen MR) is 108 cm³/mol. The number of para-hydroxylation sites is 2. The largest absolute Gasteiger partial charge is 0.321 e. The normalized spacial score (nSPS) is 13.4. The average molecular weight is 417 g/mol. The lowest BCUT2D eigenvalue weighted by atomic mass is 10.1. The maximum atomic E-state index is 13.1. The third kappa shape index (κ3) is 3.16. The highest BCUT2D eigenvalue weighted by Gasteiger charge is 2.26. The topological polar surface area (TPSA) is 121 Å². The number of benzene rings is 3. The van der Waals surface area contributed by atoms with Crippen molar-refractivity contribution in [3.63, 3.8) is 0 Å². The van der Waals surface area contributed by atoms with E-state index in [0.29, 0.717) is 22.0 Å². The molecule has 3 aromatic carbocycles. The van der Waals surface area contributed by atoms with Crippen molar-refractivity contribution in [1.29, 1.82) is 0 Å². The first kappa shape index (κ1) is 18.3. The summed E-state index contributed by atoms with van der Waals surface area (Å²) in [6, 6.07) is 13.9. The first-order valence-electron chi connectivity index (χ1n) is 8.12. The number of carbonyl (C=O) groups is 1. The van der Waals surface area contributed by atoms with Crippen LogP contribution in [0.2, 0.25) is 0 Å². The predicted octanol–water partition coefficient (Wildman–Crippen LogP) is 2.58. The van der Waals surface area contributed by atoms with Gasteiger partial charge >= 0.3 is 0 Å². The molecular formula is C18H15N3O5S2. The molecule has 4 rings (SSSR count). The molecule has 0 fully saturated rings. The Hall–Kier alpha value is -3.11. The average Bonchev–Trinajstić information content (AvgIpc) is 2.93. The summed E-state index contributed by atoms with van der Waals surface area (Å²) in [4.78, 5) is 12.0. The van der Waals surface area contributed by atoms with Crippen molar-refractivity contribution < 1.29 is 21.6 Å². The van der Waals surface area contributed by atoms with Crippen molar-refractivity contribution in [2.24, 2.45) is 0 Å². The van der Waals surface area contributed by atoms with Gasteiger partial charge in [-0.1, -0.05) is 24.3 Å². The van der Waals surface area contributed by atoms with Crippen LogP contribution in [0.1, 0.15) is 10.4 Å². The SMILES string of the molecule is CS(=O)(=O)Nc1ccccc1NS(=O)(=O)c1ccc2c3c(cccc13)C(=O)N2. The maximum Gasteiger partial charge on any atom is 0.262 e. The van der Waals surface area contributed by atoms with E-state index in [1.807, 2.05) is 0 Å². The van der Waals surface area contributed by atoms with Gasteiger partial charge in [0.05, 0.1) is 22.5 Å². The van der Waals surface area contributed by atoms with Gasteiger partial charge in [0.25, 0.3) is 15.9 Å². The van der Waals surface area contributed by atoms with Gasteiger partial charge in [-0.05, 0) is 30.3 Å². The van der Waals surface area contributed by atoms with E-state index in [-0.39, 0.29) is 22.2 Å². The van der Waals surface area contributed by atoms with Gasteiger partial charge in [-0.2, -0.15) is 0 Å². The van der Waals surface area contributed by atoms with Crippen molar-refractivity contribution in [2.75, 3.05) is 21.0 Å². The molecule has 10 heteroatoms. The Bertz CT molecular complexity index is 1350. The lowest BCUT2D eigenvalue weighted by molar-refractivity contribution is 0.103. The van der Waals surface area contributed by atoms with Crippen LogP contribution >= 0.6 is 0 Å². The summed E-state index contributed by atoms with van der Waals surface area (Å²) in [5, 5.41) is 3.64. The van der Waals surface area contributed by atoms with Crippen LogP contribution in [0.15, 0.2) is 59.5 Å². The molecule has 3 aromatic rings. The van der Waals surface area contributed by atoms with Gasteiger partial charge in [0.2, 0.25) is 10.0 Å². The smallest absolute Gasteiger partial charge is 0.262 e. The molecule has 8 nitrogen and oxygen atoms in total. The van der Waals surface area contributed by atoms with E-state index in [1.165, 1.54) is 24.3 Å². The highest BCUT2D eigenvalue weighted by Crippen LogP contribution is 2.37. The van der Waals surface area contributed by atoms with E-state index in [4.69, 9.17) is 0 Å². The number of hydrogen-bond donors (Lipinski definition) is 3. The molecule has 3 N–H and O–H groups in total. The van der Waals surface area contributed by atoms with Crippen molar-refractivity contribution in [3.05, 3.63) is 60.2 Å². The Balaban J connectivity index is 1.82. The summed E-state index contributed by atoms with van der Waals surface area (Å²) < 4.78 is 53.9. The molecule has 1 amide bonds. The van der Waals surface area contributed by atoms with Gasteiger partial charge in [0, 0.05) is 22.0 Å². The van der Waals surface area contributed by atoms with Crippen LogP contribution in [0.3, 0.4) is 0 Å². The molecule has 0 atom stereocenters. The monoisotopic (exact) mass is 417 g/mol. The fourth-order valence-electron chi connectivity index (χ4n) is 3.16. The molecule has 0 aliphatic carbocycles. The molecule has 1 aliphatic rings. The van der Waals surface area contributed by atoms with E-state index in [0.717, 1.165) is 6.26 Å². The van der Waals surface area contributed by atoms with Crippen molar-refractivity contribution >= 4 is 53.8 Å². The molecule has 0 radical (unpaired) electrons. The molecule has 1 heterocycles. The molecule has 0 spiro atoms. The van der Waals surface area contributed by atoms with Crippen LogP contribution < -0.4 is 14.8 Å². The Labute approximate surface area is 161 Å². The number of rotatable bonds is 5. The summed E-state index contributed by atoms with van der Waals surface area (Å²) >= 11 is 0. The Morgan fingerprint density at radius 1 is 0.821 bits per heavy atom. The zero-order chi connectivity index (χ0) is 20.1. The van der Waals surface area contributed by atoms with Crippen LogP contribution in [-0.4, -0.2) is 29.0 Å². The van der Waals surface area contributed by atoms with E-state index < -0.39 is 20.0 Å². The third-order valence-electron chi connectivity index (χ3n) is 4.25. The first-order chi connectivity index (χ1) is 13.2. The van der Waals surface area contributed by atoms with E-state index in [2.05, 4.69) is 14.8 Å². The van der Waals surface area contributed by atoms with Crippen LogP contribution in [-0.2, 0) is 20.0 Å². The highest BCUT2D eigenvalue weighted by atomic mass is 32.2. The van der Waals surface area contributed by atoms with Gasteiger partial charge in [0.1, 0.15) is 0 Å². The number of amides is 1. The third-order valence-corrected chi connectivity index (χ3v) is 6.26. The van der Waals surface area contributed by atoms with Crippen molar-refractivity contribution in [1.82, 2.24) is 0 Å². The molecule has 0 bridgehead atoms. The summed E-state index contributed by atoms with van der Waals surface area (Å²) in [7, 11) is -7.66. The molecule has 1 aliphatic heterocycles. The standard InChI is InChI=1S/C18H15N3O5S2/c1-27(23,24)20-13-7-2-3-8-14(13)21-28(25,26)16-10-9-15-17-11(16)5-4-6-12(17)18(22)19-15/h2-10,20-21H,1H3,(H,19,22). The van der Waals surface area contributed by atoms with Crippen LogP contribution in [0, 0.1) is 0 Å². The van der Waals surface area contributed by atoms with Gasteiger partial charge in [-0.15, -0.1) is 0 Å². The Morgan fingerprint density at radius 3 is 2.18 bits per heavy atom. The minimum Gasteiger partial charge on any atom is -0.321 e. The van der Waals surface area contributed by atoms with E-state index in [9.17, 15) is 21.6 Å². The molecule has 0 saturated carbocycles. The van der Waals surface area contributed by atoms with Crippen LogP contribution in [0.25, 0.3) is 10.8 Å². The minimum atomic E-state index is -4.07. The summed E-state index contributed by atoms with van der Waals surface area (Å²) in [6.45, 7) is 0. The zero-order valence-corrected chi connectivity index (χ0v) is 16.2. The van der Waals surface area contributed by atoms with Gasteiger partial charge in [-0.3, -0.25) is 14.2 Å². The number of anilines is 3. The minimum absolute atomic E-state index is 0.0150. The Morgan fingerprint density at radius 2 is 1.50 bits per heavy atom. The number of sulfonamides is 2. The van der Waals surface area contributed by atoms with E-state index in [1.54, 1.807) is 30.3 Å². The van der Waals surface area contributed by atoms with Gasteiger partial charge < -0.3 is 5.32 Å². The van der Waals surface area contributed by atoms with E-state index >= 15 is 0 Å². The summed E-state index contributed by atoms with van der Waals surface area (Å²) in [6.07, 6.45) is 0.978. The highest BCUT2D eigenvalue weighted by molar-refractivity contribution is 7.93. The quantitative estimate of drug-likeness (QED) is 0.589. The first-order valence-corrected chi connectivity index (χ1v) is 11.5. The number of carbonyl (C=O) groups excluding carboxylic acids is 1. The molecular weight excluding hydrogens is 402 g/mol. The number of hydrogen-bond acceptors (Lipinski definition) is 5. The molecule has 0 unspecified atom stereocenters. The van der Waals surface area contributed by atoms with Gasteiger partial charge in [-0.25, -0.2) is 16.8 Å². The lowest BCUT2D eigenvalue weighted by Gasteiger charge is -2.14. The maximum absolute atomic E-state index is 13.1. The summed E-state index contributed by atoms with van der Waals surface area (Å²) in [5.41, 5.74) is 1.15. The zero-order valence-electron chi connectivity index (χ0n) is 14.6. The second-order valence-electron chi connectivity index (χ2n) is 6.32. The molecule has 28 heavy (non-hydrogen) atoms. The molecule has 0 aromatic heterocycles.